The summed E-state index contributed by atoms with van der Waals surface area (Å²) in [6.45, 7) is 0.187. The fourth-order valence-corrected chi connectivity index (χ4v) is 2.69. The normalized spacial score (nSPS) is 10.4. The van der Waals surface area contributed by atoms with E-state index >= 15 is 0 Å². The number of aromatic amines is 1. The summed E-state index contributed by atoms with van der Waals surface area (Å²) in [4.78, 5) is 19.7. The number of benzene rings is 1. The second kappa shape index (κ2) is 8.42. The van der Waals surface area contributed by atoms with Crippen molar-refractivity contribution < 1.29 is 9.21 Å². The van der Waals surface area contributed by atoms with Gasteiger partial charge in [-0.25, -0.2) is 4.99 Å². The molecule has 27 heavy (non-hydrogen) atoms. The molecule has 0 aliphatic carbocycles. The second-order valence-electron chi connectivity index (χ2n) is 5.64. The quantitative estimate of drug-likeness (QED) is 0.524. The van der Waals surface area contributed by atoms with Crippen molar-refractivity contribution >= 4 is 17.9 Å². The van der Waals surface area contributed by atoms with Crippen LogP contribution in [0.5, 0.6) is 0 Å². The average molecular weight is 355 g/mol. The highest BCUT2D eigenvalue weighted by molar-refractivity contribution is 5.96. The number of amides is 1. The maximum absolute atomic E-state index is 12.2. The van der Waals surface area contributed by atoms with Crippen LogP contribution in [-0.2, 0) is 6.42 Å². The molecule has 0 radical (unpaired) electrons. The maximum Gasteiger partial charge on any atom is 0.252 e. The summed E-state index contributed by atoms with van der Waals surface area (Å²) in [6, 6.07) is 9.16. The van der Waals surface area contributed by atoms with E-state index in [0.29, 0.717) is 23.4 Å². The third kappa shape index (κ3) is 4.00. The van der Waals surface area contributed by atoms with Crippen LogP contribution in [0.2, 0.25) is 0 Å². The van der Waals surface area contributed by atoms with Crippen molar-refractivity contribution in [2.24, 2.45) is 4.99 Å². The van der Waals surface area contributed by atoms with Crippen LogP contribution in [-0.4, -0.2) is 23.7 Å². The Morgan fingerprint density at radius 3 is 2.89 bits per heavy atom. The number of aliphatic imine (C=N–C) groups is 1. The van der Waals surface area contributed by atoms with Gasteiger partial charge in [0.25, 0.3) is 5.91 Å². The predicted octanol–water partition coefficient (Wildman–Crippen LogP) is 3.56. The van der Waals surface area contributed by atoms with Gasteiger partial charge < -0.3 is 14.7 Å². The molecule has 5 nitrogen and oxygen atoms in total. The van der Waals surface area contributed by atoms with E-state index in [1.807, 2.05) is 24.3 Å². The molecule has 0 saturated carbocycles. The van der Waals surface area contributed by atoms with E-state index in [1.165, 1.54) is 0 Å². The number of carbonyl (C=O) groups is 1. The molecular weight excluding hydrogens is 338 g/mol. The number of hydrogen-bond donors (Lipinski definition) is 2. The number of nitrogens with one attached hydrogen (secondary N) is 2. The fourth-order valence-electron chi connectivity index (χ4n) is 2.69. The lowest BCUT2D eigenvalue weighted by Crippen LogP contribution is -2.24. The highest BCUT2D eigenvalue weighted by atomic mass is 16.3. The fraction of sp³-hybridized carbons (Fsp3) is 0.0909. The number of H-pyrrole nitrogens is 1. The van der Waals surface area contributed by atoms with Gasteiger partial charge in [-0.1, -0.05) is 30.0 Å². The first kappa shape index (κ1) is 17.8. The van der Waals surface area contributed by atoms with Crippen molar-refractivity contribution in [3.8, 4) is 35.8 Å². The monoisotopic (exact) mass is 355 g/mol. The van der Waals surface area contributed by atoms with Crippen molar-refractivity contribution in [3.63, 3.8) is 0 Å². The van der Waals surface area contributed by atoms with E-state index in [-0.39, 0.29) is 12.5 Å². The van der Waals surface area contributed by atoms with Crippen LogP contribution in [0.3, 0.4) is 0 Å². The van der Waals surface area contributed by atoms with Crippen LogP contribution in [0.15, 0.2) is 58.5 Å². The van der Waals surface area contributed by atoms with Crippen LogP contribution >= 0.6 is 0 Å². The summed E-state index contributed by atoms with van der Waals surface area (Å²) in [5, 5.41) is 2.67. The van der Waals surface area contributed by atoms with Gasteiger partial charge in [-0.2, -0.15) is 0 Å². The van der Waals surface area contributed by atoms with Crippen LogP contribution in [0.1, 0.15) is 21.5 Å². The molecule has 5 heteroatoms. The summed E-state index contributed by atoms with van der Waals surface area (Å²) in [5.74, 6) is 5.44. The average Bonchev–Trinajstić information content (AvgIpc) is 3.35. The van der Waals surface area contributed by atoms with Gasteiger partial charge in [-0.3, -0.25) is 4.79 Å². The number of furan rings is 1. The molecule has 132 valence electrons. The van der Waals surface area contributed by atoms with E-state index in [0.717, 1.165) is 16.7 Å². The van der Waals surface area contributed by atoms with E-state index in [1.54, 1.807) is 31.0 Å². The Bertz CT molecular complexity index is 1040. The molecule has 0 bridgehead atoms. The lowest BCUT2D eigenvalue weighted by atomic mass is 10.0. The number of rotatable bonds is 6. The highest BCUT2D eigenvalue weighted by Gasteiger charge is 2.12. The molecule has 0 aliphatic rings. The molecule has 2 N–H and O–H groups in total. The Labute approximate surface area is 157 Å². The molecule has 3 aromatic rings. The van der Waals surface area contributed by atoms with Crippen LogP contribution in [0.25, 0.3) is 11.1 Å². The first-order chi connectivity index (χ1) is 13.2. The molecule has 0 unspecified atom stereocenters. The van der Waals surface area contributed by atoms with Gasteiger partial charge >= 0.3 is 0 Å². The summed E-state index contributed by atoms with van der Waals surface area (Å²) >= 11 is 0. The van der Waals surface area contributed by atoms with Gasteiger partial charge in [0.1, 0.15) is 5.82 Å². The van der Waals surface area contributed by atoms with Crippen LogP contribution in [0.4, 0.5) is 5.82 Å². The molecule has 0 atom stereocenters. The number of carbonyl (C=O) groups excluding carboxylic acids is 1. The Morgan fingerprint density at radius 2 is 2.15 bits per heavy atom. The third-order valence-electron chi connectivity index (χ3n) is 3.98. The summed E-state index contributed by atoms with van der Waals surface area (Å²) in [5.41, 5.74) is 3.82. The van der Waals surface area contributed by atoms with E-state index in [9.17, 15) is 4.79 Å². The zero-order chi connectivity index (χ0) is 19.1. The zero-order valence-corrected chi connectivity index (χ0v) is 14.5. The van der Waals surface area contributed by atoms with E-state index in [2.05, 4.69) is 27.1 Å². The van der Waals surface area contributed by atoms with Crippen LogP contribution in [0, 0.1) is 24.7 Å². The molecule has 1 aromatic carbocycles. The number of hydrogen-bond acceptors (Lipinski definition) is 3. The van der Waals surface area contributed by atoms with Gasteiger partial charge in [-0.05, 0) is 17.7 Å². The van der Waals surface area contributed by atoms with Gasteiger partial charge in [0.15, 0.2) is 0 Å². The van der Waals surface area contributed by atoms with Gasteiger partial charge in [0.05, 0.1) is 24.6 Å². The minimum Gasteiger partial charge on any atom is -0.472 e. The molecule has 1 amide bonds. The lowest BCUT2D eigenvalue weighted by molar-refractivity contribution is 0.0958. The summed E-state index contributed by atoms with van der Waals surface area (Å²) < 4.78 is 5.11. The molecule has 2 heterocycles. The topological polar surface area (TPSA) is 70.4 Å². The highest BCUT2D eigenvalue weighted by Crippen LogP contribution is 2.30. The Balaban J connectivity index is 1.79. The van der Waals surface area contributed by atoms with Gasteiger partial charge in [0.2, 0.25) is 0 Å². The van der Waals surface area contributed by atoms with Crippen molar-refractivity contribution in [3.05, 3.63) is 65.7 Å². The van der Waals surface area contributed by atoms with Crippen molar-refractivity contribution in [1.29, 1.82) is 0 Å². The maximum atomic E-state index is 12.2. The Morgan fingerprint density at radius 1 is 1.30 bits per heavy atom. The molecule has 3 rings (SSSR count). The summed E-state index contributed by atoms with van der Waals surface area (Å²) in [7, 11) is 0. The summed E-state index contributed by atoms with van der Waals surface area (Å²) in [6.07, 6.45) is 18.1. The molecule has 0 fully saturated rings. The minimum atomic E-state index is -0.205. The molecule has 0 spiro atoms. The van der Waals surface area contributed by atoms with Crippen molar-refractivity contribution in [1.82, 2.24) is 10.3 Å². The lowest BCUT2D eigenvalue weighted by Gasteiger charge is -2.06. The number of aromatic nitrogens is 1. The van der Waals surface area contributed by atoms with E-state index < -0.39 is 0 Å². The predicted molar refractivity (Wildman–Crippen MR) is 106 cm³/mol. The first-order valence-corrected chi connectivity index (χ1v) is 8.27. The van der Waals surface area contributed by atoms with E-state index in [4.69, 9.17) is 17.3 Å². The smallest absolute Gasteiger partial charge is 0.252 e. The minimum absolute atomic E-state index is 0.187. The Kier molecular flexibility index (Phi) is 5.57. The number of terminal acetylenes is 2. The van der Waals surface area contributed by atoms with Gasteiger partial charge in [0, 0.05) is 35.5 Å². The van der Waals surface area contributed by atoms with Crippen molar-refractivity contribution in [2.75, 3.05) is 6.54 Å². The van der Waals surface area contributed by atoms with Crippen LogP contribution < -0.4 is 5.32 Å². The first-order valence-electron chi connectivity index (χ1n) is 8.27. The third-order valence-corrected chi connectivity index (χ3v) is 3.98. The molecule has 0 saturated heterocycles. The molecule has 0 aliphatic heterocycles. The standard InChI is InChI=1S/C22H17N3O2/c1-3-11-24-22(26)19-8-6-5-7-16(19)9-12-23-21-18(4-2)20(14-25-21)17-10-13-27-15-17/h1-2,5-8,10,12-15,25H,9,11H2,(H,24,26)/b23-12-. The largest absolute Gasteiger partial charge is 0.472 e. The van der Waals surface area contributed by atoms with Gasteiger partial charge in [-0.15, -0.1) is 12.8 Å². The molecule has 2 aromatic heterocycles. The van der Waals surface area contributed by atoms with Crippen molar-refractivity contribution in [2.45, 2.75) is 6.42 Å². The second-order valence-corrected chi connectivity index (χ2v) is 5.64. The Hall–Kier alpha value is -3.96. The molecular formula is C22H17N3O2. The number of nitrogens with zero attached hydrogens (tertiary/aromatic N) is 1. The SMILES string of the molecule is C#CCNC(=O)c1ccccc1C/C=N\c1[nH]cc(-c2ccoc2)c1C#C. The zero-order valence-electron chi connectivity index (χ0n) is 14.5.